The SMILES string of the molecule is CNc1cccc(N2CCCc3cc(/C(C=NC4CCN(c5cc6c(o5)C(=O)N(C5CCC(=O)NC5=O)CC6)CC4)=C/N)c(C(F)F)cc32)c1C=C(C)C. The number of piperidine rings is 2. The van der Waals surface area contributed by atoms with E-state index in [0.29, 0.717) is 68.9 Å². The first-order valence-electron chi connectivity index (χ1n) is 18.7. The van der Waals surface area contributed by atoms with Crippen molar-refractivity contribution in [3.8, 4) is 0 Å². The van der Waals surface area contributed by atoms with Gasteiger partial charge < -0.3 is 30.2 Å². The Morgan fingerprint density at radius 1 is 1.00 bits per heavy atom. The number of anilines is 4. The summed E-state index contributed by atoms with van der Waals surface area (Å²) >= 11 is 0. The number of hydrogen-bond donors (Lipinski definition) is 3. The van der Waals surface area contributed by atoms with Crippen LogP contribution in [0.3, 0.4) is 0 Å². The molecule has 13 heteroatoms. The fraction of sp³-hybridized carbons (Fsp3) is 0.415. The van der Waals surface area contributed by atoms with Gasteiger partial charge in [-0.1, -0.05) is 17.7 Å². The normalized spacial score (nSPS) is 19.7. The van der Waals surface area contributed by atoms with E-state index in [1.165, 1.54) is 11.1 Å². The smallest absolute Gasteiger partial charge is 0.290 e. The van der Waals surface area contributed by atoms with Crippen molar-refractivity contribution in [2.45, 2.75) is 77.3 Å². The molecule has 0 spiro atoms. The minimum Gasteiger partial charge on any atom is -0.435 e. The molecule has 0 saturated carbocycles. The van der Waals surface area contributed by atoms with Crippen molar-refractivity contribution in [3.05, 3.63) is 81.7 Å². The number of aliphatic imine (C=N–C) groups is 1. The fourth-order valence-corrected chi connectivity index (χ4v) is 8.09. The molecule has 0 aliphatic carbocycles. The van der Waals surface area contributed by atoms with E-state index in [0.717, 1.165) is 52.2 Å². The van der Waals surface area contributed by atoms with Crippen molar-refractivity contribution in [3.63, 3.8) is 0 Å². The van der Waals surface area contributed by atoms with Gasteiger partial charge in [-0.15, -0.1) is 0 Å². The number of nitrogens with two attached hydrogens (primary N) is 1. The number of imide groups is 1. The summed E-state index contributed by atoms with van der Waals surface area (Å²) in [6.07, 6.45) is 6.46. The summed E-state index contributed by atoms with van der Waals surface area (Å²) < 4.78 is 35.7. The van der Waals surface area contributed by atoms with Crippen LogP contribution in [0.1, 0.15) is 90.7 Å². The van der Waals surface area contributed by atoms with Crippen molar-refractivity contribution < 1.29 is 27.6 Å². The molecule has 0 radical (unpaired) electrons. The van der Waals surface area contributed by atoms with Gasteiger partial charge in [-0.25, -0.2) is 8.78 Å². The Hall–Kier alpha value is -5.46. The molecule has 1 aromatic heterocycles. The van der Waals surface area contributed by atoms with Crippen molar-refractivity contribution in [2.24, 2.45) is 10.7 Å². The van der Waals surface area contributed by atoms with E-state index >= 15 is 0 Å². The Morgan fingerprint density at radius 2 is 1.80 bits per heavy atom. The van der Waals surface area contributed by atoms with E-state index in [4.69, 9.17) is 15.1 Å². The van der Waals surface area contributed by atoms with Crippen LogP contribution >= 0.6 is 0 Å². The molecule has 2 aromatic carbocycles. The van der Waals surface area contributed by atoms with Crippen LogP contribution in [0.5, 0.6) is 0 Å². The predicted octanol–water partition coefficient (Wildman–Crippen LogP) is 6.61. The van der Waals surface area contributed by atoms with Crippen LogP contribution in [0, 0.1) is 0 Å². The number of alkyl halides is 2. The van der Waals surface area contributed by atoms with Crippen molar-refractivity contribution in [1.82, 2.24) is 10.2 Å². The maximum absolute atomic E-state index is 14.8. The standard InChI is InChI=1S/C41H47F2N7O4/c1-24(2)18-31-32(45-3)7-4-8-33(31)49-14-5-6-25-19-29(30(39(42)43)21-35(25)49)27(22-44)23-46-28-12-15-48(16-13-28)37-20-26-11-17-50(41(53)38(26)54-37)34-9-10-36(51)47-40(34)52/h4,7-8,18-23,28,34,39,45H,5-6,9-17,44H2,1-3H3,(H,47,51,52)/b27-22+,46-23?. The first-order valence-corrected chi connectivity index (χ1v) is 18.7. The highest BCUT2D eigenvalue weighted by molar-refractivity contribution is 6.10. The van der Waals surface area contributed by atoms with Crippen LogP contribution in [-0.4, -0.2) is 74.1 Å². The van der Waals surface area contributed by atoms with Crippen LogP contribution in [0.25, 0.3) is 11.6 Å². The van der Waals surface area contributed by atoms with Crippen molar-refractivity contribution in [2.75, 3.05) is 48.3 Å². The molecule has 0 bridgehead atoms. The Bertz CT molecular complexity index is 2040. The number of carbonyl (C=O) groups is 3. The van der Waals surface area contributed by atoms with Gasteiger partial charge in [-0.05, 0) is 87.8 Å². The van der Waals surface area contributed by atoms with Crippen LogP contribution in [-0.2, 0) is 22.4 Å². The van der Waals surface area contributed by atoms with E-state index in [1.54, 1.807) is 12.3 Å². The lowest BCUT2D eigenvalue weighted by atomic mass is 9.91. The maximum Gasteiger partial charge on any atom is 0.290 e. The molecule has 2 fully saturated rings. The summed E-state index contributed by atoms with van der Waals surface area (Å²) in [4.78, 5) is 47.9. The summed E-state index contributed by atoms with van der Waals surface area (Å²) in [5.41, 5.74) is 13.5. The topological polar surface area (TPSA) is 137 Å². The third-order valence-corrected chi connectivity index (χ3v) is 10.8. The number of hydrogen-bond acceptors (Lipinski definition) is 9. The van der Waals surface area contributed by atoms with Crippen molar-refractivity contribution in [1.29, 1.82) is 0 Å². The monoisotopic (exact) mass is 739 g/mol. The molecule has 54 heavy (non-hydrogen) atoms. The summed E-state index contributed by atoms with van der Waals surface area (Å²) in [5.74, 6) is -0.281. The highest BCUT2D eigenvalue weighted by atomic mass is 19.3. The fourth-order valence-electron chi connectivity index (χ4n) is 8.09. The van der Waals surface area contributed by atoms with Gasteiger partial charge >= 0.3 is 0 Å². The van der Waals surface area contributed by atoms with Gasteiger partial charge in [-0.3, -0.25) is 24.7 Å². The minimum absolute atomic E-state index is 0.0542. The number of allylic oxidation sites excluding steroid dienone is 2. The number of rotatable bonds is 9. The average molecular weight is 740 g/mol. The number of nitrogens with zero attached hydrogens (tertiary/aromatic N) is 4. The molecule has 1 unspecified atom stereocenters. The van der Waals surface area contributed by atoms with Gasteiger partial charge in [0, 0.05) is 91.8 Å². The number of amides is 3. The van der Waals surface area contributed by atoms with Crippen LogP contribution < -0.4 is 26.2 Å². The maximum atomic E-state index is 14.8. The summed E-state index contributed by atoms with van der Waals surface area (Å²) in [6.45, 7) is 6.43. The molecule has 11 nitrogen and oxygen atoms in total. The van der Waals surface area contributed by atoms with Crippen LogP contribution in [0.4, 0.5) is 31.7 Å². The Balaban J connectivity index is 1.05. The Labute approximate surface area is 313 Å². The largest absolute Gasteiger partial charge is 0.435 e. The zero-order chi connectivity index (χ0) is 38.1. The number of nitrogens with one attached hydrogen (secondary N) is 2. The lowest BCUT2D eigenvalue weighted by Crippen LogP contribution is -2.55. The zero-order valence-electron chi connectivity index (χ0n) is 31.0. The first-order chi connectivity index (χ1) is 26.1. The third-order valence-electron chi connectivity index (χ3n) is 10.8. The summed E-state index contributed by atoms with van der Waals surface area (Å²) in [7, 11) is 1.88. The molecule has 3 amide bonds. The van der Waals surface area contributed by atoms with Gasteiger partial charge in [0.1, 0.15) is 6.04 Å². The molecule has 284 valence electrons. The second-order valence-electron chi connectivity index (χ2n) is 14.6. The number of carbonyl (C=O) groups excluding carboxylic acids is 3. The quantitative estimate of drug-likeness (QED) is 0.165. The second-order valence-corrected chi connectivity index (χ2v) is 14.6. The first kappa shape index (κ1) is 36.9. The lowest BCUT2D eigenvalue weighted by molar-refractivity contribution is -0.137. The average Bonchev–Trinajstić information content (AvgIpc) is 3.61. The van der Waals surface area contributed by atoms with E-state index in [-0.39, 0.29) is 35.6 Å². The van der Waals surface area contributed by atoms with Crippen LogP contribution in [0.15, 0.2) is 57.6 Å². The summed E-state index contributed by atoms with van der Waals surface area (Å²) in [5, 5.41) is 5.60. The number of furan rings is 1. The molecule has 3 aromatic rings. The molecule has 1 atom stereocenters. The number of halogens is 2. The van der Waals surface area contributed by atoms with Gasteiger partial charge in [0.05, 0.1) is 11.7 Å². The van der Waals surface area contributed by atoms with Gasteiger partial charge in [0.25, 0.3) is 12.3 Å². The van der Waals surface area contributed by atoms with Gasteiger partial charge in [0.2, 0.25) is 11.8 Å². The van der Waals surface area contributed by atoms with Gasteiger partial charge in [-0.2, -0.15) is 0 Å². The predicted molar refractivity (Wildman–Crippen MR) is 208 cm³/mol. The van der Waals surface area contributed by atoms with E-state index < -0.39 is 18.4 Å². The summed E-state index contributed by atoms with van der Waals surface area (Å²) in [6, 6.07) is 10.7. The Kier molecular flexibility index (Phi) is 10.6. The number of aryl methyl sites for hydroxylation is 1. The highest BCUT2D eigenvalue weighted by Crippen LogP contribution is 2.42. The molecule has 4 aliphatic heterocycles. The van der Waals surface area contributed by atoms with Crippen LogP contribution in [0.2, 0.25) is 0 Å². The molecule has 7 rings (SSSR count). The minimum atomic E-state index is -2.72. The van der Waals surface area contributed by atoms with E-state index in [1.807, 2.05) is 51.2 Å². The zero-order valence-corrected chi connectivity index (χ0v) is 31.0. The second kappa shape index (κ2) is 15.5. The van der Waals surface area contributed by atoms with Gasteiger partial charge in [0.15, 0.2) is 11.6 Å². The van der Waals surface area contributed by atoms with E-state index in [9.17, 15) is 23.2 Å². The molecular weight excluding hydrogens is 692 g/mol. The molecule has 2 saturated heterocycles. The lowest BCUT2D eigenvalue weighted by Gasteiger charge is -2.34. The number of benzene rings is 2. The molecule has 5 heterocycles. The third kappa shape index (κ3) is 7.23. The van der Waals surface area contributed by atoms with Crippen molar-refractivity contribution >= 4 is 58.5 Å². The molecule has 4 N–H and O–H groups in total. The molecule has 4 aliphatic rings. The molecular formula is C41H47F2N7O4. The highest BCUT2D eigenvalue weighted by Gasteiger charge is 2.39. The number of fused-ring (bicyclic) bond motifs is 2. The Morgan fingerprint density at radius 3 is 2.50 bits per heavy atom. The van der Waals surface area contributed by atoms with E-state index in [2.05, 4.69) is 26.5 Å².